The van der Waals surface area contributed by atoms with Crippen molar-refractivity contribution in [2.24, 2.45) is 5.10 Å². The van der Waals surface area contributed by atoms with Gasteiger partial charge in [0.15, 0.2) is 17.3 Å². The molecular formula is C24H22BrIN4O3. The molecule has 0 spiro atoms. The van der Waals surface area contributed by atoms with E-state index in [-0.39, 0.29) is 0 Å². The molecular weight excluding hydrogens is 599 g/mol. The lowest BCUT2D eigenvalue weighted by atomic mass is 10.1. The Bertz CT molecular complexity index is 1190. The second kappa shape index (κ2) is 12.0. The molecule has 170 valence electrons. The summed E-state index contributed by atoms with van der Waals surface area (Å²) in [6.07, 6.45) is 1.64. The van der Waals surface area contributed by atoms with Gasteiger partial charge in [-0.2, -0.15) is 10.4 Å². The van der Waals surface area contributed by atoms with E-state index in [0.29, 0.717) is 36.1 Å². The zero-order valence-corrected chi connectivity index (χ0v) is 22.1. The third-order valence-corrected chi connectivity index (χ3v) is 5.90. The number of methoxy groups -OCH3 is 2. The molecule has 2 aromatic carbocycles. The first kappa shape index (κ1) is 25.0. The van der Waals surface area contributed by atoms with Gasteiger partial charge in [0.05, 0.1) is 23.5 Å². The van der Waals surface area contributed by atoms with E-state index in [1.165, 1.54) is 0 Å². The van der Waals surface area contributed by atoms with Crippen molar-refractivity contribution in [1.29, 1.82) is 5.26 Å². The zero-order valence-electron chi connectivity index (χ0n) is 18.4. The van der Waals surface area contributed by atoms with Crippen LogP contribution in [0, 0.1) is 21.8 Å². The summed E-state index contributed by atoms with van der Waals surface area (Å²) >= 11 is 5.65. The van der Waals surface area contributed by atoms with Crippen LogP contribution < -0.4 is 14.9 Å². The third-order valence-electron chi connectivity index (χ3n) is 4.57. The van der Waals surface area contributed by atoms with Crippen LogP contribution in [-0.4, -0.2) is 25.4 Å². The number of nitriles is 1. The number of rotatable bonds is 9. The first-order chi connectivity index (χ1) is 15.9. The smallest absolute Gasteiger partial charge is 0.174 e. The molecule has 3 rings (SSSR count). The quantitative estimate of drug-likeness (QED) is 0.185. The number of halogens is 2. The van der Waals surface area contributed by atoms with Crippen LogP contribution in [0.1, 0.15) is 27.9 Å². The van der Waals surface area contributed by atoms with Crippen LogP contribution in [0.3, 0.4) is 0 Å². The van der Waals surface area contributed by atoms with Crippen LogP contribution in [0.25, 0.3) is 0 Å². The Kier molecular flexibility index (Phi) is 9.05. The van der Waals surface area contributed by atoms with Gasteiger partial charge in [-0.3, -0.25) is 5.43 Å². The minimum absolute atomic E-state index is 0.321. The molecule has 1 heterocycles. The van der Waals surface area contributed by atoms with Gasteiger partial charge in [-0.15, -0.1) is 0 Å². The van der Waals surface area contributed by atoms with Crippen molar-refractivity contribution in [2.75, 3.05) is 19.6 Å². The van der Waals surface area contributed by atoms with E-state index in [0.717, 1.165) is 30.4 Å². The lowest BCUT2D eigenvalue weighted by Gasteiger charge is -2.14. The maximum absolute atomic E-state index is 9.54. The topological polar surface area (TPSA) is 88.8 Å². The highest BCUT2D eigenvalue weighted by molar-refractivity contribution is 14.1. The number of nitrogens with zero attached hydrogens (tertiary/aromatic N) is 3. The molecule has 7 nitrogen and oxygen atoms in total. The number of ether oxygens (including phenoxy) is 3. The molecule has 0 atom stereocenters. The van der Waals surface area contributed by atoms with Gasteiger partial charge in [0.1, 0.15) is 18.2 Å². The molecule has 0 amide bonds. The predicted molar refractivity (Wildman–Crippen MR) is 140 cm³/mol. The van der Waals surface area contributed by atoms with Gasteiger partial charge in [0, 0.05) is 22.8 Å². The molecule has 0 saturated heterocycles. The summed E-state index contributed by atoms with van der Waals surface area (Å²) in [7, 11) is 3.19. The number of hydrogen-bond donors (Lipinski definition) is 1. The van der Waals surface area contributed by atoms with E-state index in [9.17, 15) is 5.26 Å². The summed E-state index contributed by atoms with van der Waals surface area (Å²) in [5.74, 6) is 1.66. The minimum Gasteiger partial charge on any atom is -0.493 e. The number of pyridine rings is 1. The van der Waals surface area contributed by atoms with Crippen LogP contribution in [0.2, 0.25) is 0 Å². The Balaban J connectivity index is 1.77. The summed E-state index contributed by atoms with van der Waals surface area (Å²) in [5.41, 5.74) is 6.67. The molecule has 0 bridgehead atoms. The van der Waals surface area contributed by atoms with E-state index in [1.54, 1.807) is 20.4 Å². The highest BCUT2D eigenvalue weighted by atomic mass is 127. The maximum atomic E-state index is 9.54. The SMILES string of the molecule is COCc1cc(C)nc(N/N=C\c2cc(I)c(OCc3ccc(Br)cc3)c(OC)c2)c1C#N. The fourth-order valence-corrected chi connectivity index (χ4v) is 4.12. The molecule has 0 aliphatic heterocycles. The van der Waals surface area contributed by atoms with Gasteiger partial charge in [-0.05, 0) is 71.0 Å². The summed E-state index contributed by atoms with van der Waals surface area (Å²) in [4.78, 5) is 4.39. The molecule has 0 saturated carbocycles. The van der Waals surface area contributed by atoms with Crippen LogP contribution in [0.5, 0.6) is 11.5 Å². The van der Waals surface area contributed by atoms with Crippen LogP contribution in [-0.2, 0) is 18.0 Å². The molecule has 1 aromatic heterocycles. The van der Waals surface area contributed by atoms with Crippen LogP contribution in [0.4, 0.5) is 5.82 Å². The van der Waals surface area contributed by atoms with Crippen LogP contribution in [0.15, 0.2) is 52.0 Å². The fraction of sp³-hybridized carbons (Fsp3) is 0.208. The monoisotopic (exact) mass is 620 g/mol. The zero-order chi connectivity index (χ0) is 23.8. The molecule has 33 heavy (non-hydrogen) atoms. The standard InChI is InChI=1S/C24H22BrIN4O3/c1-15-8-18(14-31-2)20(11-27)24(29-15)30-28-12-17-9-21(26)23(22(10-17)32-3)33-13-16-4-6-19(25)7-5-16/h4-10,12H,13-14H2,1-3H3,(H,29,30)/b28-12-. The van der Waals surface area contributed by atoms with E-state index in [2.05, 4.69) is 60.1 Å². The average Bonchev–Trinajstić information content (AvgIpc) is 2.79. The lowest BCUT2D eigenvalue weighted by molar-refractivity contribution is 0.184. The fourth-order valence-electron chi connectivity index (χ4n) is 3.07. The number of benzene rings is 2. The first-order valence-corrected chi connectivity index (χ1v) is 11.8. The molecule has 1 N–H and O–H groups in total. The van der Waals surface area contributed by atoms with Crippen molar-refractivity contribution >= 4 is 50.6 Å². The summed E-state index contributed by atoms with van der Waals surface area (Å²) < 4.78 is 18.7. The van der Waals surface area contributed by atoms with Gasteiger partial charge in [-0.1, -0.05) is 28.1 Å². The van der Waals surface area contributed by atoms with Crippen molar-refractivity contribution in [3.05, 3.63) is 78.5 Å². The van der Waals surface area contributed by atoms with Crippen molar-refractivity contribution < 1.29 is 14.2 Å². The Morgan fingerprint density at radius 2 is 1.94 bits per heavy atom. The van der Waals surface area contributed by atoms with Gasteiger partial charge in [-0.25, -0.2) is 4.98 Å². The number of nitrogens with one attached hydrogen (secondary N) is 1. The summed E-state index contributed by atoms with van der Waals surface area (Å²) in [6, 6.07) is 15.7. The molecule has 9 heteroatoms. The second-order valence-electron chi connectivity index (χ2n) is 7.01. The van der Waals surface area contributed by atoms with Crippen molar-refractivity contribution in [3.63, 3.8) is 0 Å². The first-order valence-electron chi connectivity index (χ1n) is 9.88. The summed E-state index contributed by atoms with van der Waals surface area (Å²) in [6.45, 7) is 2.60. The molecule has 0 aliphatic rings. The van der Waals surface area contributed by atoms with Crippen molar-refractivity contribution in [3.8, 4) is 17.6 Å². The van der Waals surface area contributed by atoms with Crippen molar-refractivity contribution in [1.82, 2.24) is 4.98 Å². The largest absolute Gasteiger partial charge is 0.493 e. The van der Waals surface area contributed by atoms with Gasteiger partial charge in [0.2, 0.25) is 0 Å². The summed E-state index contributed by atoms with van der Waals surface area (Å²) in [5, 5.41) is 13.8. The lowest BCUT2D eigenvalue weighted by Crippen LogP contribution is -2.04. The number of aromatic nitrogens is 1. The Labute approximate surface area is 215 Å². The molecule has 0 radical (unpaired) electrons. The van der Waals surface area contributed by atoms with Gasteiger partial charge >= 0.3 is 0 Å². The van der Waals surface area contributed by atoms with E-state index in [1.807, 2.05) is 49.4 Å². The van der Waals surface area contributed by atoms with Crippen molar-refractivity contribution in [2.45, 2.75) is 20.1 Å². The Hall–Kier alpha value is -2.68. The average molecular weight is 621 g/mol. The highest BCUT2D eigenvalue weighted by Gasteiger charge is 2.13. The Morgan fingerprint density at radius 3 is 2.61 bits per heavy atom. The number of hydrogen-bond acceptors (Lipinski definition) is 7. The normalized spacial score (nSPS) is 10.8. The highest BCUT2D eigenvalue weighted by Crippen LogP contribution is 2.34. The molecule has 0 fully saturated rings. The van der Waals surface area contributed by atoms with E-state index in [4.69, 9.17) is 14.2 Å². The van der Waals surface area contributed by atoms with E-state index >= 15 is 0 Å². The maximum Gasteiger partial charge on any atom is 0.174 e. The second-order valence-corrected chi connectivity index (χ2v) is 9.09. The third kappa shape index (κ3) is 6.66. The predicted octanol–water partition coefficient (Wildman–Crippen LogP) is 5.81. The van der Waals surface area contributed by atoms with Gasteiger partial charge < -0.3 is 14.2 Å². The van der Waals surface area contributed by atoms with Crippen LogP contribution >= 0.6 is 38.5 Å². The minimum atomic E-state index is 0.321. The van der Waals surface area contributed by atoms with E-state index < -0.39 is 0 Å². The Morgan fingerprint density at radius 1 is 1.18 bits per heavy atom. The molecule has 0 aliphatic carbocycles. The molecule has 0 unspecified atom stereocenters. The number of hydrazone groups is 1. The number of aryl methyl sites for hydroxylation is 1. The van der Waals surface area contributed by atoms with Gasteiger partial charge in [0.25, 0.3) is 0 Å². The molecule has 3 aromatic rings. The number of anilines is 1.